The molecule has 0 saturated heterocycles. The lowest BCUT2D eigenvalue weighted by atomic mass is 10.1. The molecule has 2 aromatic carbocycles. The van der Waals surface area contributed by atoms with Crippen LogP contribution in [0.25, 0.3) is 21.1 Å². The molecule has 144 valence electrons. The Balaban J connectivity index is 1.75. The molecule has 6 nitrogen and oxygen atoms in total. The number of amides is 1. The average Bonchev–Trinajstić information content (AvgIpc) is 3.31. The van der Waals surface area contributed by atoms with Crippen LogP contribution in [0, 0.1) is 0 Å². The third-order valence-corrected chi connectivity index (χ3v) is 5.69. The molecule has 0 unspecified atom stereocenters. The molecule has 0 aliphatic rings. The van der Waals surface area contributed by atoms with Crippen LogP contribution < -0.4 is 9.64 Å². The summed E-state index contributed by atoms with van der Waals surface area (Å²) < 4.78 is 6.31. The molecule has 0 aliphatic carbocycles. The van der Waals surface area contributed by atoms with Crippen LogP contribution in [-0.4, -0.2) is 55.1 Å². The van der Waals surface area contributed by atoms with E-state index in [-0.39, 0.29) is 5.91 Å². The highest BCUT2D eigenvalue weighted by Gasteiger charge is 2.23. The summed E-state index contributed by atoms with van der Waals surface area (Å²) in [5, 5.41) is 1.62. The number of hydrogen-bond acceptors (Lipinski definition) is 5. The lowest BCUT2D eigenvalue weighted by Gasteiger charge is -2.21. The van der Waals surface area contributed by atoms with Gasteiger partial charge in [-0.15, -0.1) is 0 Å². The number of H-pyrrole nitrogens is 1. The highest BCUT2D eigenvalue weighted by atomic mass is 32.1. The van der Waals surface area contributed by atoms with E-state index in [2.05, 4.69) is 9.88 Å². The van der Waals surface area contributed by atoms with Gasteiger partial charge in [0.2, 0.25) is 0 Å². The number of likely N-dealkylation sites (N-methyl/N-ethyl adjacent to an activating group) is 1. The van der Waals surface area contributed by atoms with Gasteiger partial charge in [0.05, 0.1) is 22.9 Å². The quantitative estimate of drug-likeness (QED) is 0.537. The second kappa shape index (κ2) is 7.61. The van der Waals surface area contributed by atoms with Crippen molar-refractivity contribution in [2.45, 2.75) is 0 Å². The molecule has 0 radical (unpaired) electrons. The first-order chi connectivity index (χ1) is 13.6. The number of para-hydroxylation sites is 1. The molecule has 7 heteroatoms. The zero-order valence-corrected chi connectivity index (χ0v) is 16.9. The number of aromatic amines is 1. The van der Waals surface area contributed by atoms with Crippen molar-refractivity contribution < 1.29 is 9.53 Å². The van der Waals surface area contributed by atoms with Gasteiger partial charge < -0.3 is 14.6 Å². The number of thiazole rings is 1. The Kier molecular flexibility index (Phi) is 5.02. The number of hydrogen-bond donors (Lipinski definition) is 1. The maximum absolute atomic E-state index is 13.5. The van der Waals surface area contributed by atoms with E-state index in [1.54, 1.807) is 18.2 Å². The zero-order chi connectivity index (χ0) is 19.7. The van der Waals surface area contributed by atoms with Crippen molar-refractivity contribution in [3.05, 3.63) is 54.2 Å². The van der Waals surface area contributed by atoms with Gasteiger partial charge in [0.1, 0.15) is 5.75 Å². The molecule has 0 aliphatic heterocycles. The Bertz CT molecular complexity index is 1130. The number of benzene rings is 2. The monoisotopic (exact) mass is 394 g/mol. The molecule has 2 heterocycles. The fourth-order valence-electron chi connectivity index (χ4n) is 3.11. The van der Waals surface area contributed by atoms with E-state index in [1.165, 1.54) is 11.3 Å². The van der Waals surface area contributed by atoms with E-state index in [0.29, 0.717) is 17.2 Å². The third kappa shape index (κ3) is 3.46. The van der Waals surface area contributed by atoms with Gasteiger partial charge in [-0.2, -0.15) is 0 Å². The van der Waals surface area contributed by atoms with Gasteiger partial charge in [0, 0.05) is 30.2 Å². The van der Waals surface area contributed by atoms with Crippen LogP contribution in [0.5, 0.6) is 5.75 Å². The molecule has 0 spiro atoms. The van der Waals surface area contributed by atoms with Crippen molar-refractivity contribution in [1.82, 2.24) is 14.9 Å². The summed E-state index contributed by atoms with van der Waals surface area (Å²) in [6.45, 7) is 1.30. The Morgan fingerprint density at radius 1 is 1.18 bits per heavy atom. The van der Waals surface area contributed by atoms with Crippen LogP contribution >= 0.6 is 11.3 Å². The number of anilines is 1. The predicted octanol–water partition coefficient (Wildman–Crippen LogP) is 3.99. The summed E-state index contributed by atoms with van der Waals surface area (Å²) in [6.07, 6.45) is 1.78. The van der Waals surface area contributed by atoms with Crippen LogP contribution in [0.4, 0.5) is 5.13 Å². The van der Waals surface area contributed by atoms with Gasteiger partial charge in [-0.1, -0.05) is 29.5 Å². The van der Waals surface area contributed by atoms with Gasteiger partial charge in [-0.25, -0.2) is 4.98 Å². The molecule has 0 fully saturated rings. The molecule has 0 bridgehead atoms. The largest absolute Gasteiger partial charge is 0.497 e. The van der Waals surface area contributed by atoms with E-state index in [1.807, 2.05) is 56.6 Å². The predicted molar refractivity (Wildman–Crippen MR) is 115 cm³/mol. The lowest BCUT2D eigenvalue weighted by molar-refractivity contribution is 0.0987. The fourth-order valence-corrected chi connectivity index (χ4v) is 4.13. The Hall–Kier alpha value is -2.90. The molecule has 1 amide bonds. The molecule has 0 atom stereocenters. The molecule has 4 aromatic rings. The first-order valence-corrected chi connectivity index (χ1v) is 9.86. The number of fused-ring (bicyclic) bond motifs is 2. The summed E-state index contributed by atoms with van der Waals surface area (Å²) >= 11 is 1.50. The van der Waals surface area contributed by atoms with Crippen LogP contribution in [0.2, 0.25) is 0 Å². The summed E-state index contributed by atoms with van der Waals surface area (Å²) in [5.74, 6) is 0.732. The molecule has 2 aromatic heterocycles. The average molecular weight is 395 g/mol. The molecule has 28 heavy (non-hydrogen) atoms. The van der Waals surface area contributed by atoms with Crippen molar-refractivity contribution in [3.8, 4) is 5.75 Å². The first-order valence-electron chi connectivity index (χ1n) is 9.04. The summed E-state index contributed by atoms with van der Waals surface area (Å²) in [4.78, 5) is 25.2. The summed E-state index contributed by atoms with van der Waals surface area (Å²) in [7, 11) is 5.64. The number of nitrogens with one attached hydrogen (secondary N) is 1. The van der Waals surface area contributed by atoms with E-state index in [0.717, 1.165) is 33.4 Å². The smallest absolute Gasteiger partial charge is 0.262 e. The maximum Gasteiger partial charge on any atom is 0.262 e. The van der Waals surface area contributed by atoms with Gasteiger partial charge in [0.15, 0.2) is 5.13 Å². The third-order valence-electron chi connectivity index (χ3n) is 4.65. The highest BCUT2D eigenvalue weighted by molar-refractivity contribution is 7.22. The van der Waals surface area contributed by atoms with Crippen molar-refractivity contribution in [1.29, 1.82) is 0 Å². The minimum Gasteiger partial charge on any atom is -0.497 e. The minimum atomic E-state index is -0.0506. The van der Waals surface area contributed by atoms with E-state index >= 15 is 0 Å². The molecule has 1 N–H and O–H groups in total. The van der Waals surface area contributed by atoms with Gasteiger partial charge in [0.25, 0.3) is 5.91 Å². The van der Waals surface area contributed by atoms with E-state index in [4.69, 9.17) is 9.72 Å². The number of carbonyl (C=O) groups excluding carboxylic acids is 1. The SMILES string of the molecule is COc1ccc2nc(N(CCN(C)C)C(=O)c3c[nH]c4ccccc34)sc2c1. The lowest BCUT2D eigenvalue weighted by Crippen LogP contribution is -2.36. The van der Waals surface area contributed by atoms with Crippen LogP contribution in [0.3, 0.4) is 0 Å². The molecule has 0 saturated carbocycles. The van der Waals surface area contributed by atoms with Gasteiger partial charge >= 0.3 is 0 Å². The van der Waals surface area contributed by atoms with E-state index < -0.39 is 0 Å². The number of methoxy groups -OCH3 is 1. The Morgan fingerprint density at radius 2 is 2.00 bits per heavy atom. The number of rotatable bonds is 6. The Labute approximate surface area is 167 Å². The second-order valence-electron chi connectivity index (χ2n) is 6.84. The number of aromatic nitrogens is 2. The topological polar surface area (TPSA) is 61.5 Å². The second-order valence-corrected chi connectivity index (χ2v) is 7.85. The van der Waals surface area contributed by atoms with Crippen LogP contribution in [0.15, 0.2) is 48.7 Å². The van der Waals surface area contributed by atoms with Crippen molar-refractivity contribution in [3.63, 3.8) is 0 Å². The number of nitrogens with zero attached hydrogens (tertiary/aromatic N) is 3. The number of ether oxygens (including phenoxy) is 1. The normalized spacial score (nSPS) is 11.4. The standard InChI is InChI=1S/C21H22N4O2S/c1-24(2)10-11-25(20(26)16-13-22-17-7-5-4-6-15(16)17)21-23-18-9-8-14(27-3)12-19(18)28-21/h4-9,12-13,22H,10-11H2,1-3H3. The number of carbonyl (C=O) groups is 1. The summed E-state index contributed by atoms with van der Waals surface area (Å²) in [6, 6.07) is 13.6. The molecular weight excluding hydrogens is 372 g/mol. The van der Waals surface area contributed by atoms with Gasteiger partial charge in [-0.05, 0) is 38.4 Å². The molecular formula is C21H22N4O2S. The van der Waals surface area contributed by atoms with Gasteiger partial charge in [-0.3, -0.25) is 9.69 Å². The minimum absolute atomic E-state index is 0.0506. The fraction of sp³-hybridized carbons (Fsp3) is 0.238. The van der Waals surface area contributed by atoms with E-state index in [9.17, 15) is 4.79 Å². The van der Waals surface area contributed by atoms with Crippen molar-refractivity contribution in [2.75, 3.05) is 39.2 Å². The zero-order valence-electron chi connectivity index (χ0n) is 16.1. The Morgan fingerprint density at radius 3 is 2.79 bits per heavy atom. The highest BCUT2D eigenvalue weighted by Crippen LogP contribution is 2.32. The van der Waals surface area contributed by atoms with Crippen molar-refractivity contribution in [2.24, 2.45) is 0 Å². The van der Waals surface area contributed by atoms with Crippen LogP contribution in [0.1, 0.15) is 10.4 Å². The van der Waals surface area contributed by atoms with Crippen LogP contribution in [-0.2, 0) is 0 Å². The first kappa shape index (κ1) is 18.5. The molecule has 4 rings (SSSR count). The maximum atomic E-state index is 13.5. The summed E-state index contributed by atoms with van der Waals surface area (Å²) in [5.41, 5.74) is 2.47. The van der Waals surface area contributed by atoms with Crippen molar-refractivity contribution >= 4 is 43.5 Å².